The van der Waals surface area contributed by atoms with Gasteiger partial charge in [0.05, 0.1) is 17.2 Å². The van der Waals surface area contributed by atoms with Crippen molar-refractivity contribution in [1.29, 1.82) is 0 Å². The molecule has 7 nitrogen and oxygen atoms in total. The van der Waals surface area contributed by atoms with Gasteiger partial charge < -0.3 is 25.5 Å². The zero-order chi connectivity index (χ0) is 15.0. The number of piperidine rings is 1. The number of carboxylic acid groups (broad SMARTS) is 1. The summed E-state index contributed by atoms with van der Waals surface area (Å²) in [6, 6.07) is 5.10. The molecule has 1 saturated heterocycles. The average molecular weight is 290 g/mol. The number of benzene rings is 1. The van der Waals surface area contributed by atoms with Gasteiger partial charge >= 0.3 is 5.97 Å². The lowest BCUT2D eigenvalue weighted by Crippen LogP contribution is -2.51. The van der Waals surface area contributed by atoms with Gasteiger partial charge in [-0.2, -0.15) is 0 Å². The Morgan fingerprint density at radius 3 is 3.10 bits per heavy atom. The molecule has 4 N–H and O–H groups in total. The topological polar surface area (TPSA) is 104 Å². The largest absolute Gasteiger partial charge is 0.478 e. The second-order valence-corrected chi connectivity index (χ2v) is 5.24. The molecule has 1 aliphatic heterocycles. The number of carboxylic acids is 1. The van der Waals surface area contributed by atoms with Gasteiger partial charge in [-0.25, -0.2) is 9.78 Å². The zero-order valence-electron chi connectivity index (χ0n) is 11.7. The fraction of sp³-hybridized carbons (Fsp3) is 0.429. The van der Waals surface area contributed by atoms with Gasteiger partial charge in [-0.3, -0.25) is 0 Å². The Bertz CT molecular complexity index is 669. The molecule has 0 bridgehead atoms. The molecule has 0 saturated carbocycles. The molecule has 1 aromatic carbocycles. The maximum Gasteiger partial charge on any atom is 0.337 e. The first-order valence-corrected chi connectivity index (χ1v) is 6.85. The number of carbonyl (C=O) groups is 1. The van der Waals surface area contributed by atoms with Crippen LogP contribution in [0.4, 0.5) is 5.95 Å². The highest BCUT2D eigenvalue weighted by Gasteiger charge is 2.28. The van der Waals surface area contributed by atoms with Gasteiger partial charge in [0.1, 0.15) is 5.52 Å². The number of nitrogens with zero attached hydrogens (tertiary/aromatic N) is 2. The molecule has 0 radical (unpaired) electrons. The SMILES string of the molecule is COC1CN(c2nc3c(C(=O)O)cccc3[nH]2)CCC1N. The Kier molecular flexibility index (Phi) is 3.52. The van der Waals surface area contributed by atoms with E-state index in [9.17, 15) is 9.90 Å². The van der Waals surface area contributed by atoms with Crippen LogP contribution in [0.1, 0.15) is 16.8 Å². The van der Waals surface area contributed by atoms with E-state index in [1.807, 2.05) is 11.0 Å². The second kappa shape index (κ2) is 5.34. The summed E-state index contributed by atoms with van der Waals surface area (Å²) in [5.74, 6) is -0.318. The minimum Gasteiger partial charge on any atom is -0.478 e. The number of hydrogen-bond acceptors (Lipinski definition) is 5. The van der Waals surface area contributed by atoms with E-state index in [2.05, 4.69) is 9.97 Å². The van der Waals surface area contributed by atoms with Crippen LogP contribution in [0.15, 0.2) is 18.2 Å². The molecule has 7 heteroatoms. The molecule has 0 spiro atoms. The second-order valence-electron chi connectivity index (χ2n) is 5.24. The minimum atomic E-state index is -0.978. The van der Waals surface area contributed by atoms with Crippen LogP contribution in [0.5, 0.6) is 0 Å². The Morgan fingerprint density at radius 2 is 2.38 bits per heavy atom. The summed E-state index contributed by atoms with van der Waals surface area (Å²) in [7, 11) is 1.65. The summed E-state index contributed by atoms with van der Waals surface area (Å²) in [4.78, 5) is 20.9. The predicted molar refractivity (Wildman–Crippen MR) is 78.7 cm³/mol. The highest BCUT2D eigenvalue weighted by Crippen LogP contribution is 2.23. The smallest absolute Gasteiger partial charge is 0.337 e. The van der Waals surface area contributed by atoms with Crippen LogP contribution >= 0.6 is 0 Å². The van der Waals surface area contributed by atoms with Crippen molar-refractivity contribution in [2.75, 3.05) is 25.1 Å². The number of imidazole rings is 1. The van der Waals surface area contributed by atoms with Crippen LogP contribution in [-0.2, 0) is 4.74 Å². The van der Waals surface area contributed by atoms with Crippen molar-refractivity contribution < 1.29 is 14.6 Å². The van der Waals surface area contributed by atoms with Crippen LogP contribution in [0.25, 0.3) is 11.0 Å². The minimum absolute atomic E-state index is 0.0187. The molecule has 3 rings (SSSR count). The summed E-state index contributed by atoms with van der Waals surface area (Å²) in [6.45, 7) is 1.41. The van der Waals surface area contributed by atoms with Gasteiger partial charge in [0.2, 0.25) is 5.95 Å². The van der Waals surface area contributed by atoms with E-state index in [0.29, 0.717) is 23.5 Å². The molecule has 112 valence electrons. The number of methoxy groups -OCH3 is 1. The van der Waals surface area contributed by atoms with Crippen LogP contribution in [-0.4, -0.2) is 53.4 Å². The Balaban J connectivity index is 1.94. The van der Waals surface area contributed by atoms with Crippen LogP contribution < -0.4 is 10.6 Å². The third-order valence-corrected chi connectivity index (χ3v) is 3.94. The number of ether oxygens (including phenoxy) is 1. The lowest BCUT2D eigenvalue weighted by molar-refractivity contribution is 0.0698. The number of nitrogens with one attached hydrogen (secondary N) is 1. The molecule has 2 heterocycles. The molecule has 1 aliphatic rings. The standard InChI is InChI=1S/C14H18N4O3/c1-21-11-7-18(6-5-9(11)15)14-16-10-4-2-3-8(13(19)20)12(10)17-14/h2-4,9,11H,5-7,15H2,1H3,(H,16,17)(H,19,20). The Hall–Kier alpha value is -2.12. The summed E-state index contributed by atoms with van der Waals surface area (Å²) >= 11 is 0. The Morgan fingerprint density at radius 1 is 1.57 bits per heavy atom. The number of H-pyrrole nitrogens is 1. The van der Waals surface area contributed by atoms with Gasteiger partial charge in [0, 0.05) is 26.2 Å². The molecule has 1 fully saturated rings. The maximum atomic E-state index is 11.2. The monoisotopic (exact) mass is 290 g/mol. The van der Waals surface area contributed by atoms with Gasteiger partial charge in [-0.05, 0) is 18.6 Å². The van der Waals surface area contributed by atoms with Gasteiger partial charge in [-0.15, -0.1) is 0 Å². The molecule has 21 heavy (non-hydrogen) atoms. The normalized spacial score (nSPS) is 22.7. The number of hydrogen-bond donors (Lipinski definition) is 3. The van der Waals surface area contributed by atoms with Crippen LogP contribution in [0, 0.1) is 0 Å². The molecular formula is C14H18N4O3. The zero-order valence-corrected chi connectivity index (χ0v) is 11.7. The molecular weight excluding hydrogens is 272 g/mol. The van der Waals surface area contributed by atoms with Crippen molar-refractivity contribution in [2.45, 2.75) is 18.6 Å². The number of rotatable bonds is 3. The van der Waals surface area contributed by atoms with E-state index in [-0.39, 0.29) is 17.7 Å². The summed E-state index contributed by atoms with van der Waals surface area (Å²) in [5, 5.41) is 9.21. The summed E-state index contributed by atoms with van der Waals surface area (Å²) in [6.07, 6.45) is 0.757. The number of anilines is 1. The van der Waals surface area contributed by atoms with Gasteiger partial charge in [0.25, 0.3) is 0 Å². The van der Waals surface area contributed by atoms with E-state index < -0.39 is 5.97 Å². The molecule has 2 unspecified atom stereocenters. The quantitative estimate of drug-likeness (QED) is 0.773. The number of aromatic carboxylic acids is 1. The highest BCUT2D eigenvalue weighted by molar-refractivity contribution is 6.01. The van der Waals surface area contributed by atoms with Gasteiger partial charge in [-0.1, -0.05) is 6.07 Å². The number of nitrogens with two attached hydrogens (primary N) is 1. The third-order valence-electron chi connectivity index (χ3n) is 3.94. The van der Waals surface area contributed by atoms with Crippen molar-refractivity contribution in [2.24, 2.45) is 5.73 Å². The molecule has 0 aliphatic carbocycles. The lowest BCUT2D eigenvalue weighted by Gasteiger charge is -2.35. The molecule has 2 aromatic rings. The first-order chi connectivity index (χ1) is 10.1. The van der Waals surface area contributed by atoms with Crippen molar-refractivity contribution in [3.8, 4) is 0 Å². The van der Waals surface area contributed by atoms with E-state index in [0.717, 1.165) is 13.0 Å². The van der Waals surface area contributed by atoms with Crippen LogP contribution in [0.3, 0.4) is 0 Å². The Labute approximate surface area is 121 Å². The number of fused-ring (bicyclic) bond motifs is 1. The van der Waals surface area contributed by atoms with Crippen LogP contribution in [0.2, 0.25) is 0 Å². The van der Waals surface area contributed by atoms with Crippen molar-refractivity contribution in [1.82, 2.24) is 9.97 Å². The fourth-order valence-electron chi connectivity index (χ4n) is 2.72. The molecule has 2 atom stereocenters. The molecule has 0 amide bonds. The van der Waals surface area contributed by atoms with E-state index in [1.54, 1.807) is 19.2 Å². The van der Waals surface area contributed by atoms with E-state index >= 15 is 0 Å². The first kappa shape index (κ1) is 13.8. The van der Waals surface area contributed by atoms with Gasteiger partial charge in [0.15, 0.2) is 0 Å². The maximum absolute atomic E-state index is 11.2. The molecule has 1 aromatic heterocycles. The highest BCUT2D eigenvalue weighted by atomic mass is 16.5. The number of para-hydroxylation sites is 1. The summed E-state index contributed by atoms with van der Waals surface area (Å²) < 4.78 is 5.39. The van der Waals surface area contributed by atoms with Crippen molar-refractivity contribution in [3.05, 3.63) is 23.8 Å². The van der Waals surface area contributed by atoms with E-state index in [4.69, 9.17) is 10.5 Å². The average Bonchev–Trinajstić information content (AvgIpc) is 2.91. The van der Waals surface area contributed by atoms with Crippen molar-refractivity contribution in [3.63, 3.8) is 0 Å². The fourth-order valence-corrected chi connectivity index (χ4v) is 2.72. The summed E-state index contributed by atoms with van der Waals surface area (Å²) in [5.41, 5.74) is 7.40. The third kappa shape index (κ3) is 2.45. The number of aromatic nitrogens is 2. The number of aromatic amines is 1. The van der Waals surface area contributed by atoms with E-state index in [1.165, 1.54) is 0 Å². The van der Waals surface area contributed by atoms with Crippen molar-refractivity contribution >= 4 is 23.0 Å². The lowest BCUT2D eigenvalue weighted by atomic mass is 10.0. The predicted octanol–water partition coefficient (Wildman–Crippen LogP) is 0.813. The first-order valence-electron chi connectivity index (χ1n) is 6.85.